The summed E-state index contributed by atoms with van der Waals surface area (Å²) >= 11 is 9.70. The molecule has 0 aliphatic rings. The molecular weight excluding hydrogens is 351 g/mol. The molecule has 0 saturated carbocycles. The first kappa shape index (κ1) is 12.7. The van der Waals surface area contributed by atoms with Crippen LogP contribution in [0, 0.1) is 10.6 Å². The van der Waals surface area contributed by atoms with Gasteiger partial charge >= 0.3 is 0 Å². The number of hydrogen-bond acceptors (Lipinski definition) is 3. The predicted octanol–water partition coefficient (Wildman–Crippen LogP) is 4.01. The second kappa shape index (κ2) is 4.66. The number of H-pyrrole nitrogens is 1. The largest absolute Gasteiger partial charge is 0.331 e. The molecule has 0 atom stereocenters. The van der Waals surface area contributed by atoms with Gasteiger partial charge in [-0.2, -0.15) is 0 Å². The maximum absolute atomic E-state index is 14.0. The van der Waals surface area contributed by atoms with Crippen molar-refractivity contribution < 1.29 is 4.39 Å². The Balaban J connectivity index is 2.50. The van der Waals surface area contributed by atoms with Crippen molar-refractivity contribution in [3.8, 4) is 5.69 Å². The molecule has 1 aromatic carbocycles. The SMILES string of the molecule is O=c1c2sccc2[nH]c(=S)n1-c1c(F)cccc1Br. The summed E-state index contributed by atoms with van der Waals surface area (Å²) in [5, 5.41) is 1.79. The van der Waals surface area contributed by atoms with E-state index in [0.717, 1.165) is 0 Å². The van der Waals surface area contributed by atoms with Crippen LogP contribution in [0.15, 0.2) is 38.9 Å². The first-order valence-corrected chi connectivity index (χ1v) is 7.34. The first-order chi connectivity index (χ1) is 9.09. The Morgan fingerprint density at radius 1 is 1.37 bits per heavy atom. The van der Waals surface area contributed by atoms with E-state index in [2.05, 4.69) is 20.9 Å². The zero-order chi connectivity index (χ0) is 13.6. The van der Waals surface area contributed by atoms with Gasteiger partial charge in [0.05, 0.1) is 5.52 Å². The molecule has 0 aliphatic heterocycles. The monoisotopic (exact) mass is 356 g/mol. The third kappa shape index (κ3) is 1.98. The molecule has 3 rings (SSSR count). The van der Waals surface area contributed by atoms with Gasteiger partial charge in [0.25, 0.3) is 5.56 Å². The maximum Gasteiger partial charge on any atom is 0.276 e. The molecule has 0 radical (unpaired) electrons. The lowest BCUT2D eigenvalue weighted by Crippen LogP contribution is -2.21. The lowest BCUT2D eigenvalue weighted by Gasteiger charge is -2.09. The molecule has 0 unspecified atom stereocenters. The summed E-state index contributed by atoms with van der Waals surface area (Å²) < 4.78 is 16.3. The van der Waals surface area contributed by atoms with E-state index < -0.39 is 5.82 Å². The fourth-order valence-electron chi connectivity index (χ4n) is 1.84. The lowest BCUT2D eigenvalue weighted by atomic mass is 10.3. The zero-order valence-corrected chi connectivity index (χ0v) is 12.5. The molecule has 2 aromatic heterocycles. The molecule has 0 amide bonds. The standard InChI is InChI=1S/C12H6BrFN2OS2/c13-6-2-1-3-7(14)9(6)16-11(17)10-8(4-5-19-10)15-12(16)18/h1-5H,(H,15,18). The van der Waals surface area contributed by atoms with Crippen molar-refractivity contribution in [3.63, 3.8) is 0 Å². The van der Waals surface area contributed by atoms with Crippen molar-refractivity contribution in [2.45, 2.75) is 0 Å². The average Bonchev–Trinajstić information content (AvgIpc) is 2.81. The van der Waals surface area contributed by atoms with Gasteiger partial charge in [-0.1, -0.05) is 6.07 Å². The number of fused-ring (bicyclic) bond motifs is 1. The zero-order valence-electron chi connectivity index (χ0n) is 9.31. The number of rotatable bonds is 1. The molecular formula is C12H6BrFN2OS2. The van der Waals surface area contributed by atoms with E-state index >= 15 is 0 Å². The number of para-hydroxylation sites is 1. The first-order valence-electron chi connectivity index (χ1n) is 5.26. The van der Waals surface area contributed by atoms with Gasteiger partial charge in [0.15, 0.2) is 4.77 Å². The highest BCUT2D eigenvalue weighted by molar-refractivity contribution is 9.10. The lowest BCUT2D eigenvalue weighted by molar-refractivity contribution is 0.613. The Morgan fingerprint density at radius 2 is 2.16 bits per heavy atom. The van der Waals surface area contributed by atoms with Gasteiger partial charge in [0.1, 0.15) is 16.2 Å². The summed E-state index contributed by atoms with van der Waals surface area (Å²) in [5.41, 5.74) is 0.479. The third-order valence-electron chi connectivity index (χ3n) is 2.67. The van der Waals surface area contributed by atoms with Crippen LogP contribution in [-0.4, -0.2) is 9.55 Å². The number of hydrogen-bond donors (Lipinski definition) is 1. The van der Waals surface area contributed by atoms with E-state index in [1.165, 1.54) is 22.0 Å². The van der Waals surface area contributed by atoms with E-state index in [1.54, 1.807) is 23.6 Å². The second-order valence-corrected chi connectivity index (χ2v) is 5.96. The highest BCUT2D eigenvalue weighted by atomic mass is 79.9. The van der Waals surface area contributed by atoms with Gasteiger partial charge in [-0.15, -0.1) is 11.3 Å². The van der Waals surface area contributed by atoms with Crippen LogP contribution in [0.25, 0.3) is 15.9 Å². The molecule has 0 bridgehead atoms. The fraction of sp³-hybridized carbons (Fsp3) is 0. The van der Waals surface area contributed by atoms with Gasteiger partial charge in [-0.3, -0.25) is 4.79 Å². The van der Waals surface area contributed by atoms with E-state index in [9.17, 15) is 9.18 Å². The Kier molecular flexibility index (Phi) is 3.12. The van der Waals surface area contributed by atoms with Crippen LogP contribution in [-0.2, 0) is 0 Å². The highest BCUT2D eigenvalue weighted by Gasteiger charge is 2.14. The molecule has 2 heterocycles. The topological polar surface area (TPSA) is 37.8 Å². The van der Waals surface area contributed by atoms with Gasteiger partial charge in [-0.05, 0) is 51.7 Å². The van der Waals surface area contributed by atoms with Crippen LogP contribution < -0.4 is 5.56 Å². The minimum absolute atomic E-state index is 0.129. The fourth-order valence-corrected chi connectivity index (χ4v) is 3.43. The number of nitrogens with one attached hydrogen (secondary N) is 1. The van der Waals surface area contributed by atoms with Crippen LogP contribution in [0.1, 0.15) is 0 Å². The summed E-state index contributed by atoms with van der Waals surface area (Å²) in [6.07, 6.45) is 0. The van der Waals surface area contributed by atoms with Crippen molar-refractivity contribution in [1.82, 2.24) is 9.55 Å². The van der Waals surface area contributed by atoms with Crippen molar-refractivity contribution >= 4 is 49.7 Å². The third-order valence-corrected chi connectivity index (χ3v) is 4.50. The van der Waals surface area contributed by atoms with Gasteiger partial charge in [-0.25, -0.2) is 8.96 Å². The quantitative estimate of drug-likeness (QED) is 0.669. The van der Waals surface area contributed by atoms with Crippen molar-refractivity contribution in [2.75, 3.05) is 0 Å². The average molecular weight is 357 g/mol. The van der Waals surface area contributed by atoms with E-state index in [-0.39, 0.29) is 16.0 Å². The minimum atomic E-state index is -0.508. The van der Waals surface area contributed by atoms with Crippen molar-refractivity contribution in [1.29, 1.82) is 0 Å². The predicted molar refractivity (Wildman–Crippen MR) is 80.3 cm³/mol. The Morgan fingerprint density at radius 3 is 2.89 bits per heavy atom. The van der Waals surface area contributed by atoms with E-state index in [1.807, 2.05) is 0 Å². The van der Waals surface area contributed by atoms with Crippen molar-refractivity contribution in [3.05, 3.63) is 55.1 Å². The second-order valence-electron chi connectivity index (χ2n) is 3.80. The molecule has 0 spiro atoms. The van der Waals surface area contributed by atoms with E-state index in [4.69, 9.17) is 12.2 Å². The summed E-state index contributed by atoms with van der Waals surface area (Å²) in [6, 6.07) is 6.29. The van der Waals surface area contributed by atoms with Crippen LogP contribution in [0.4, 0.5) is 4.39 Å². The number of thiophene rings is 1. The molecule has 96 valence electrons. The smallest absolute Gasteiger partial charge is 0.276 e. The van der Waals surface area contributed by atoms with E-state index in [0.29, 0.717) is 14.7 Å². The number of aromatic amines is 1. The Bertz CT molecular complexity index is 876. The maximum atomic E-state index is 14.0. The van der Waals surface area contributed by atoms with Crippen LogP contribution in [0.5, 0.6) is 0 Å². The molecule has 3 aromatic rings. The Hall–Kier alpha value is -1.31. The Labute approximate surface area is 124 Å². The van der Waals surface area contributed by atoms with Gasteiger partial charge in [0, 0.05) is 4.47 Å². The van der Waals surface area contributed by atoms with Crippen LogP contribution in [0.2, 0.25) is 0 Å². The van der Waals surface area contributed by atoms with Gasteiger partial charge in [0.2, 0.25) is 0 Å². The van der Waals surface area contributed by atoms with Gasteiger partial charge < -0.3 is 4.98 Å². The number of halogens is 2. The summed E-state index contributed by atoms with van der Waals surface area (Å²) in [6.45, 7) is 0. The molecule has 3 nitrogen and oxygen atoms in total. The number of benzene rings is 1. The van der Waals surface area contributed by atoms with Crippen LogP contribution >= 0.6 is 39.5 Å². The summed E-state index contributed by atoms with van der Waals surface area (Å²) in [5.74, 6) is -0.508. The van der Waals surface area contributed by atoms with Crippen molar-refractivity contribution in [2.24, 2.45) is 0 Å². The number of aromatic nitrogens is 2. The normalized spacial score (nSPS) is 11.1. The molecule has 0 aliphatic carbocycles. The molecule has 0 saturated heterocycles. The van der Waals surface area contributed by atoms with Crippen LogP contribution in [0.3, 0.4) is 0 Å². The molecule has 0 fully saturated rings. The summed E-state index contributed by atoms with van der Waals surface area (Å²) in [7, 11) is 0. The summed E-state index contributed by atoms with van der Waals surface area (Å²) in [4.78, 5) is 15.3. The minimum Gasteiger partial charge on any atom is -0.331 e. The molecule has 1 N–H and O–H groups in total. The molecule has 7 heteroatoms. The highest BCUT2D eigenvalue weighted by Crippen LogP contribution is 2.24. The molecule has 19 heavy (non-hydrogen) atoms. The number of nitrogens with zero attached hydrogens (tertiary/aromatic N) is 1.